The van der Waals surface area contributed by atoms with Crippen LogP contribution < -0.4 is 5.73 Å². The van der Waals surface area contributed by atoms with Gasteiger partial charge in [0.2, 0.25) is 0 Å². The number of hydrogen-bond acceptors (Lipinski definition) is 4. The van der Waals surface area contributed by atoms with Crippen molar-refractivity contribution in [3.8, 4) is 0 Å². The molecule has 1 heterocycles. The third-order valence-electron chi connectivity index (χ3n) is 2.96. The predicted molar refractivity (Wildman–Crippen MR) is 74.4 cm³/mol. The molecule has 0 spiro atoms. The van der Waals surface area contributed by atoms with Crippen LogP contribution in [0, 0.1) is 13.8 Å². The Morgan fingerprint density at radius 1 is 1.35 bits per heavy atom. The highest BCUT2D eigenvalue weighted by Crippen LogP contribution is 2.10. The van der Waals surface area contributed by atoms with E-state index < -0.39 is 12.0 Å². The van der Waals surface area contributed by atoms with E-state index >= 15 is 0 Å². The number of nitrogens with two attached hydrogens (primary N) is 1. The highest BCUT2D eigenvalue weighted by molar-refractivity contribution is 5.73. The van der Waals surface area contributed by atoms with Crippen LogP contribution >= 0.6 is 0 Å². The van der Waals surface area contributed by atoms with E-state index in [0.29, 0.717) is 12.2 Å². The lowest BCUT2D eigenvalue weighted by Gasteiger charge is -2.04. The van der Waals surface area contributed by atoms with Gasteiger partial charge in [-0.3, -0.25) is 4.79 Å². The smallest absolute Gasteiger partial charge is 0.320 e. The van der Waals surface area contributed by atoms with E-state index in [9.17, 15) is 4.79 Å². The van der Waals surface area contributed by atoms with Gasteiger partial charge in [0.25, 0.3) is 0 Å². The van der Waals surface area contributed by atoms with Crippen molar-refractivity contribution in [2.45, 2.75) is 32.9 Å². The van der Waals surface area contributed by atoms with Crippen molar-refractivity contribution in [2.75, 3.05) is 0 Å². The van der Waals surface area contributed by atoms with E-state index in [1.165, 1.54) is 11.1 Å². The van der Waals surface area contributed by atoms with Gasteiger partial charge in [0.15, 0.2) is 0 Å². The second-order valence-corrected chi connectivity index (χ2v) is 5.05. The van der Waals surface area contributed by atoms with Gasteiger partial charge in [-0.1, -0.05) is 34.5 Å². The summed E-state index contributed by atoms with van der Waals surface area (Å²) in [5.74, 6) is -1.03. The first kappa shape index (κ1) is 14.2. The van der Waals surface area contributed by atoms with Crippen molar-refractivity contribution in [1.29, 1.82) is 0 Å². The Kier molecular flexibility index (Phi) is 4.14. The molecule has 0 aliphatic carbocycles. The first-order valence-corrected chi connectivity index (χ1v) is 6.38. The summed E-state index contributed by atoms with van der Waals surface area (Å²) in [4.78, 5) is 10.7. The molecule has 106 valence electrons. The van der Waals surface area contributed by atoms with Gasteiger partial charge in [-0.15, -0.1) is 5.10 Å². The predicted octanol–water partition coefficient (Wildman–Crippen LogP) is 0.898. The summed E-state index contributed by atoms with van der Waals surface area (Å²) in [7, 11) is 0. The molecule has 3 N–H and O–H groups in total. The third kappa shape index (κ3) is 3.64. The average Bonchev–Trinajstić information content (AvgIpc) is 2.74. The normalized spacial score (nSPS) is 12.3. The topological polar surface area (TPSA) is 94.0 Å². The molecular formula is C14H18N4O2. The molecule has 6 nitrogen and oxygen atoms in total. The first-order valence-electron chi connectivity index (χ1n) is 6.38. The van der Waals surface area contributed by atoms with Crippen LogP contribution in [0.15, 0.2) is 24.4 Å². The second kappa shape index (κ2) is 5.83. The van der Waals surface area contributed by atoms with Crippen LogP contribution in [0.2, 0.25) is 0 Å². The van der Waals surface area contributed by atoms with Crippen molar-refractivity contribution >= 4 is 5.97 Å². The molecule has 0 saturated carbocycles. The molecule has 2 rings (SSSR count). The number of nitrogens with zero attached hydrogens (tertiary/aromatic N) is 3. The zero-order chi connectivity index (χ0) is 14.7. The van der Waals surface area contributed by atoms with Crippen molar-refractivity contribution in [1.82, 2.24) is 15.0 Å². The molecule has 0 radical (unpaired) electrons. The van der Waals surface area contributed by atoms with Crippen molar-refractivity contribution in [2.24, 2.45) is 5.73 Å². The number of carboxylic acid groups (broad SMARTS) is 1. The first-order chi connectivity index (χ1) is 9.44. The molecule has 0 saturated heterocycles. The number of aliphatic carboxylic acids is 1. The Bertz CT molecular complexity index is 601. The summed E-state index contributed by atoms with van der Waals surface area (Å²) in [6, 6.07) is 5.36. The van der Waals surface area contributed by atoms with Crippen molar-refractivity contribution in [3.05, 3.63) is 46.8 Å². The minimum Gasteiger partial charge on any atom is -0.480 e. The number of aryl methyl sites for hydroxylation is 2. The van der Waals surface area contributed by atoms with Crippen LogP contribution in [0.1, 0.15) is 22.4 Å². The Hall–Kier alpha value is -2.21. The Balaban J connectivity index is 2.07. The number of aromatic nitrogens is 3. The summed E-state index contributed by atoms with van der Waals surface area (Å²) < 4.78 is 1.69. The van der Waals surface area contributed by atoms with E-state index in [-0.39, 0.29) is 6.42 Å². The zero-order valence-corrected chi connectivity index (χ0v) is 11.6. The third-order valence-corrected chi connectivity index (χ3v) is 2.96. The highest BCUT2D eigenvalue weighted by Gasteiger charge is 2.14. The number of benzene rings is 1. The summed E-state index contributed by atoms with van der Waals surface area (Å²) in [6.45, 7) is 4.71. The molecule has 0 fully saturated rings. The number of carbonyl (C=O) groups is 1. The van der Waals surface area contributed by atoms with E-state index in [2.05, 4.69) is 42.4 Å². The van der Waals surface area contributed by atoms with Gasteiger partial charge < -0.3 is 10.8 Å². The molecule has 6 heteroatoms. The standard InChI is InChI=1S/C14H18N4O2/c1-9-3-10(2)5-11(4-9)7-18-8-12(16-17-18)6-13(15)14(19)20/h3-5,8,13H,6-7,15H2,1-2H3,(H,19,20). The molecule has 0 aliphatic heterocycles. The van der Waals surface area contributed by atoms with Gasteiger partial charge in [0.1, 0.15) is 6.04 Å². The van der Waals surface area contributed by atoms with E-state index in [1.807, 2.05) is 0 Å². The van der Waals surface area contributed by atoms with E-state index in [1.54, 1.807) is 10.9 Å². The fourth-order valence-electron chi connectivity index (χ4n) is 2.17. The minimum atomic E-state index is -1.03. The average molecular weight is 274 g/mol. The van der Waals surface area contributed by atoms with Gasteiger partial charge in [-0.25, -0.2) is 4.68 Å². The van der Waals surface area contributed by atoms with Crippen LogP contribution in [0.25, 0.3) is 0 Å². The summed E-state index contributed by atoms with van der Waals surface area (Å²) >= 11 is 0. The second-order valence-electron chi connectivity index (χ2n) is 5.05. The molecule has 0 aliphatic rings. The van der Waals surface area contributed by atoms with Gasteiger partial charge in [0, 0.05) is 12.6 Å². The maximum absolute atomic E-state index is 10.7. The van der Waals surface area contributed by atoms with Gasteiger partial charge in [0.05, 0.1) is 12.2 Å². The summed E-state index contributed by atoms with van der Waals surface area (Å²) in [5.41, 5.74) is 9.61. The fraction of sp³-hybridized carbons (Fsp3) is 0.357. The lowest BCUT2D eigenvalue weighted by molar-refractivity contribution is -0.138. The highest BCUT2D eigenvalue weighted by atomic mass is 16.4. The number of carboxylic acids is 1. The lowest BCUT2D eigenvalue weighted by atomic mass is 10.1. The maximum Gasteiger partial charge on any atom is 0.320 e. The molecule has 1 atom stereocenters. The van der Waals surface area contributed by atoms with Crippen LogP contribution in [-0.2, 0) is 17.8 Å². The van der Waals surface area contributed by atoms with Crippen LogP contribution in [0.5, 0.6) is 0 Å². The van der Waals surface area contributed by atoms with E-state index in [4.69, 9.17) is 10.8 Å². The van der Waals surface area contributed by atoms with E-state index in [0.717, 1.165) is 5.56 Å². The number of rotatable bonds is 5. The summed E-state index contributed by atoms with van der Waals surface area (Å²) in [6.07, 6.45) is 1.92. The quantitative estimate of drug-likeness (QED) is 0.844. The molecule has 1 aromatic carbocycles. The Morgan fingerprint density at radius 3 is 2.60 bits per heavy atom. The Morgan fingerprint density at radius 2 is 2.00 bits per heavy atom. The maximum atomic E-state index is 10.7. The van der Waals surface area contributed by atoms with Gasteiger partial charge >= 0.3 is 5.97 Å². The zero-order valence-electron chi connectivity index (χ0n) is 11.6. The SMILES string of the molecule is Cc1cc(C)cc(Cn2cc(CC(N)C(=O)O)nn2)c1. The number of hydrogen-bond donors (Lipinski definition) is 2. The molecule has 0 amide bonds. The van der Waals surface area contributed by atoms with Crippen LogP contribution in [-0.4, -0.2) is 32.1 Å². The molecule has 0 bridgehead atoms. The molecule has 1 aromatic heterocycles. The lowest BCUT2D eigenvalue weighted by Crippen LogP contribution is -2.32. The van der Waals surface area contributed by atoms with Crippen molar-refractivity contribution in [3.63, 3.8) is 0 Å². The molecule has 2 aromatic rings. The Labute approximate surface area is 117 Å². The van der Waals surface area contributed by atoms with Gasteiger partial charge in [-0.2, -0.15) is 0 Å². The monoisotopic (exact) mass is 274 g/mol. The summed E-state index contributed by atoms with van der Waals surface area (Å²) in [5, 5.41) is 16.7. The van der Waals surface area contributed by atoms with Crippen LogP contribution in [0.3, 0.4) is 0 Å². The van der Waals surface area contributed by atoms with Crippen LogP contribution in [0.4, 0.5) is 0 Å². The molecular weight excluding hydrogens is 256 g/mol. The molecule has 1 unspecified atom stereocenters. The minimum absolute atomic E-state index is 0.183. The largest absolute Gasteiger partial charge is 0.480 e. The molecule has 20 heavy (non-hydrogen) atoms. The fourth-order valence-corrected chi connectivity index (χ4v) is 2.17. The van der Waals surface area contributed by atoms with Crippen molar-refractivity contribution < 1.29 is 9.90 Å². The van der Waals surface area contributed by atoms with Gasteiger partial charge in [-0.05, 0) is 19.4 Å².